The third kappa shape index (κ3) is 8.87. The van der Waals surface area contributed by atoms with Gasteiger partial charge in [0.1, 0.15) is 0 Å². The topological polar surface area (TPSA) is 43.4 Å². The van der Waals surface area contributed by atoms with E-state index in [4.69, 9.17) is 15.4 Å². The summed E-state index contributed by atoms with van der Waals surface area (Å²) in [6.45, 7) is 3.36. The van der Waals surface area contributed by atoms with E-state index in [1.54, 1.807) is 0 Å². The molecule has 1 saturated carbocycles. The third-order valence-electron chi connectivity index (χ3n) is 3.81. The van der Waals surface area contributed by atoms with Crippen LogP contribution in [0.4, 0.5) is 0 Å². The number of hydrogen-bond acceptors (Lipinski definition) is 3. The number of ether oxygens (including phenoxy) is 1. The van der Waals surface area contributed by atoms with Gasteiger partial charge in [0.25, 0.3) is 0 Å². The molecule has 1 rings (SSSR count). The summed E-state index contributed by atoms with van der Waals surface area (Å²) >= 11 is 0. The molecule has 0 bridgehead atoms. The molecule has 0 radical (unpaired) electrons. The molecule has 0 spiro atoms. The van der Waals surface area contributed by atoms with Gasteiger partial charge >= 0.3 is 0 Å². The van der Waals surface area contributed by atoms with Crippen LogP contribution in [-0.2, 0) is 13.8 Å². The average Bonchev–Trinajstić information content (AvgIpc) is 2.56. The van der Waals surface area contributed by atoms with E-state index in [0.717, 1.165) is 19.4 Å². The van der Waals surface area contributed by atoms with Crippen molar-refractivity contribution in [2.45, 2.75) is 58.3 Å². The van der Waals surface area contributed by atoms with Gasteiger partial charge in [-0.15, -0.1) is 0 Å². The van der Waals surface area contributed by atoms with Gasteiger partial charge in [-0.25, -0.2) is 8.42 Å². The summed E-state index contributed by atoms with van der Waals surface area (Å²) < 4.78 is 28.0. The molecule has 0 aromatic rings. The quantitative estimate of drug-likeness (QED) is 0.503. The second-order valence-corrected chi connectivity index (χ2v) is 8.58. The van der Waals surface area contributed by atoms with E-state index in [-0.39, 0.29) is 11.7 Å². The van der Waals surface area contributed by atoms with Crippen molar-refractivity contribution >= 4 is 19.7 Å². The van der Waals surface area contributed by atoms with Crippen molar-refractivity contribution in [3.8, 4) is 0 Å². The van der Waals surface area contributed by atoms with Gasteiger partial charge in [0, 0.05) is 17.3 Å². The fraction of sp³-hybridized carbons (Fsp3) is 1.00. The molecule has 1 aliphatic carbocycles. The van der Waals surface area contributed by atoms with Crippen LogP contribution in [0.1, 0.15) is 58.3 Å². The van der Waals surface area contributed by atoms with Gasteiger partial charge in [0.15, 0.2) is 0 Å². The van der Waals surface area contributed by atoms with Crippen molar-refractivity contribution in [2.75, 3.05) is 19.0 Å². The Labute approximate surface area is 122 Å². The van der Waals surface area contributed by atoms with Crippen molar-refractivity contribution in [1.29, 1.82) is 0 Å². The first kappa shape index (κ1) is 17.3. The molecule has 19 heavy (non-hydrogen) atoms. The summed E-state index contributed by atoms with van der Waals surface area (Å²) in [6, 6.07) is 0. The minimum atomic E-state index is -3.41. The van der Waals surface area contributed by atoms with E-state index in [9.17, 15) is 8.42 Å². The van der Waals surface area contributed by atoms with Crippen molar-refractivity contribution in [3.63, 3.8) is 0 Å². The van der Waals surface area contributed by atoms with Gasteiger partial charge in [-0.1, -0.05) is 39.0 Å². The Bertz CT molecular complexity index is 322. The fourth-order valence-electron chi connectivity index (χ4n) is 2.84. The normalized spacial score (nSPS) is 20.1. The van der Waals surface area contributed by atoms with Crippen LogP contribution in [0.25, 0.3) is 0 Å². The monoisotopic (exact) mass is 310 g/mol. The Hall–Kier alpha value is 0.200. The molecule has 1 aliphatic rings. The van der Waals surface area contributed by atoms with Crippen LogP contribution in [-0.4, -0.2) is 27.4 Å². The summed E-state index contributed by atoms with van der Waals surface area (Å²) in [7, 11) is 1.92. The Morgan fingerprint density at radius 1 is 1.21 bits per heavy atom. The number of halogens is 1. The lowest BCUT2D eigenvalue weighted by atomic mass is 10.0. The second kappa shape index (κ2) is 9.19. The van der Waals surface area contributed by atoms with Gasteiger partial charge in [0.05, 0.1) is 12.4 Å². The van der Waals surface area contributed by atoms with Crippen LogP contribution < -0.4 is 0 Å². The molecule has 1 atom stereocenters. The molecule has 0 amide bonds. The standard InChI is InChI=1S/C14H27ClO3S/c1-2-7-14(12-19(15,16)17)11-18-10-13-8-5-3-4-6-9-13/h13-14H,2-12H2,1H3. The summed E-state index contributed by atoms with van der Waals surface area (Å²) in [5, 5.41) is 0. The first-order chi connectivity index (χ1) is 9.01. The molecule has 3 nitrogen and oxygen atoms in total. The Morgan fingerprint density at radius 3 is 2.37 bits per heavy atom. The van der Waals surface area contributed by atoms with Crippen molar-refractivity contribution in [1.82, 2.24) is 0 Å². The van der Waals surface area contributed by atoms with Crippen LogP contribution in [0, 0.1) is 11.8 Å². The highest BCUT2D eigenvalue weighted by molar-refractivity contribution is 8.13. The van der Waals surface area contributed by atoms with Crippen LogP contribution in [0.15, 0.2) is 0 Å². The lowest BCUT2D eigenvalue weighted by Crippen LogP contribution is -2.20. The Balaban J connectivity index is 2.26. The van der Waals surface area contributed by atoms with E-state index in [0.29, 0.717) is 12.5 Å². The second-order valence-electron chi connectivity index (χ2n) is 5.76. The number of rotatable bonds is 8. The smallest absolute Gasteiger partial charge is 0.232 e. The van der Waals surface area contributed by atoms with Crippen molar-refractivity contribution in [2.24, 2.45) is 11.8 Å². The van der Waals surface area contributed by atoms with E-state index in [1.807, 2.05) is 0 Å². The predicted molar refractivity (Wildman–Crippen MR) is 80.0 cm³/mol. The minimum Gasteiger partial charge on any atom is -0.381 e. The SMILES string of the molecule is CCCC(COCC1CCCCCC1)CS(=O)(=O)Cl. The van der Waals surface area contributed by atoms with Crippen LogP contribution >= 0.6 is 10.7 Å². The Kier molecular flexibility index (Phi) is 8.35. The van der Waals surface area contributed by atoms with Gasteiger partial charge in [0.2, 0.25) is 9.05 Å². The van der Waals surface area contributed by atoms with Crippen molar-refractivity contribution in [3.05, 3.63) is 0 Å². The molecule has 0 aromatic heterocycles. The maximum atomic E-state index is 11.1. The third-order valence-corrected chi connectivity index (χ3v) is 5.06. The largest absolute Gasteiger partial charge is 0.381 e. The molecule has 0 aromatic carbocycles. The average molecular weight is 311 g/mol. The molecule has 0 heterocycles. The predicted octanol–water partition coefficient (Wildman–Crippen LogP) is 3.96. The van der Waals surface area contributed by atoms with E-state index >= 15 is 0 Å². The van der Waals surface area contributed by atoms with Crippen LogP contribution in [0.3, 0.4) is 0 Å². The first-order valence-electron chi connectivity index (χ1n) is 7.51. The molecular formula is C14H27ClO3S. The summed E-state index contributed by atoms with van der Waals surface area (Å²) in [5.74, 6) is 0.739. The van der Waals surface area contributed by atoms with Crippen molar-refractivity contribution < 1.29 is 13.2 Å². The molecule has 1 fully saturated rings. The molecule has 1 unspecified atom stereocenters. The van der Waals surface area contributed by atoms with Crippen LogP contribution in [0.5, 0.6) is 0 Å². The highest BCUT2D eigenvalue weighted by Crippen LogP contribution is 2.23. The lowest BCUT2D eigenvalue weighted by molar-refractivity contribution is 0.0696. The minimum absolute atomic E-state index is 0.0348. The van der Waals surface area contributed by atoms with E-state index < -0.39 is 9.05 Å². The molecular weight excluding hydrogens is 284 g/mol. The van der Waals surface area contributed by atoms with Crippen LogP contribution in [0.2, 0.25) is 0 Å². The van der Waals surface area contributed by atoms with Gasteiger partial charge in [-0.2, -0.15) is 0 Å². The highest BCUT2D eigenvalue weighted by atomic mass is 35.7. The molecule has 0 N–H and O–H groups in total. The summed E-state index contributed by atoms with van der Waals surface area (Å²) in [5.41, 5.74) is 0. The maximum absolute atomic E-state index is 11.1. The van der Waals surface area contributed by atoms with E-state index in [1.165, 1.54) is 38.5 Å². The zero-order chi connectivity index (χ0) is 14.1. The highest BCUT2D eigenvalue weighted by Gasteiger charge is 2.18. The van der Waals surface area contributed by atoms with Gasteiger partial charge < -0.3 is 4.74 Å². The lowest BCUT2D eigenvalue weighted by Gasteiger charge is -2.18. The van der Waals surface area contributed by atoms with E-state index in [2.05, 4.69) is 6.92 Å². The summed E-state index contributed by atoms with van der Waals surface area (Å²) in [6.07, 6.45) is 9.64. The van der Waals surface area contributed by atoms with Gasteiger partial charge in [-0.3, -0.25) is 0 Å². The zero-order valence-corrected chi connectivity index (χ0v) is 13.5. The Morgan fingerprint density at radius 2 is 1.84 bits per heavy atom. The first-order valence-corrected chi connectivity index (χ1v) is 9.99. The molecule has 0 aliphatic heterocycles. The summed E-state index contributed by atoms with van der Waals surface area (Å²) in [4.78, 5) is 0. The zero-order valence-electron chi connectivity index (χ0n) is 11.9. The number of hydrogen-bond donors (Lipinski definition) is 0. The molecule has 0 saturated heterocycles. The molecule has 114 valence electrons. The fourth-order valence-corrected chi connectivity index (χ4v) is 4.20. The molecule has 5 heteroatoms. The van der Waals surface area contributed by atoms with Gasteiger partial charge in [-0.05, 0) is 31.1 Å². The maximum Gasteiger partial charge on any atom is 0.232 e.